The Morgan fingerprint density at radius 1 is 0.418 bits per heavy atom. The normalized spacial score (nSPS) is 15.1. The molecule has 110 heavy (non-hydrogen) atoms. The Balaban J connectivity index is 0.000000394. The number of carboxylic acid groups (broad SMARTS) is 2. The summed E-state index contributed by atoms with van der Waals surface area (Å²) in [5.74, 6) is -23.7. The first kappa shape index (κ1) is 89.3. The zero-order chi connectivity index (χ0) is 81.6. The first-order valence-electron chi connectivity index (χ1n) is 36.5. The molecule has 0 spiro atoms. The molecule has 0 unspecified atom stereocenters. The third kappa shape index (κ3) is 26.5. The molecule has 0 saturated heterocycles. The van der Waals surface area contributed by atoms with Gasteiger partial charge in [-0.3, -0.25) is 67.1 Å². The second-order valence-electron chi connectivity index (χ2n) is 27.9. The predicted octanol–water partition coefficient (Wildman–Crippen LogP) is 5.47. The van der Waals surface area contributed by atoms with E-state index in [0.717, 1.165) is 12.8 Å². The summed E-state index contributed by atoms with van der Waals surface area (Å²) < 4.78 is 58.4. The summed E-state index contributed by atoms with van der Waals surface area (Å²) in [4.78, 5) is 207. The lowest BCUT2D eigenvalue weighted by atomic mass is 9.83. The van der Waals surface area contributed by atoms with Crippen LogP contribution in [0.5, 0.6) is 0 Å². The molecule has 11 amide bonds. The van der Waals surface area contributed by atoms with Crippen molar-refractivity contribution in [1.29, 1.82) is 0 Å². The second kappa shape index (κ2) is 43.6. The molecule has 2 aliphatic carbocycles. The Labute approximate surface area is 633 Å². The molecule has 0 heterocycles. The summed E-state index contributed by atoms with van der Waals surface area (Å²) in [6.45, 7) is 10.5. The predicted molar refractivity (Wildman–Crippen MR) is 389 cm³/mol. The molecule has 6 rings (SSSR count). The molecule has 0 aliphatic heterocycles. The largest absolute Gasteiger partial charge is 0.478 e. The molecule has 4 aromatic carbocycles. The average Bonchev–Trinajstić information content (AvgIpc) is 0.798. The number of primary amides is 1. The van der Waals surface area contributed by atoms with Crippen LogP contribution >= 0.6 is 0 Å². The van der Waals surface area contributed by atoms with Gasteiger partial charge in [0.05, 0.1) is 36.3 Å². The van der Waals surface area contributed by atoms with Gasteiger partial charge in [0.1, 0.15) is 70.6 Å². The van der Waals surface area contributed by atoms with Crippen molar-refractivity contribution >= 4 is 94.3 Å². The lowest BCUT2D eigenvalue weighted by molar-refractivity contribution is -0.141. The number of halogens is 4. The number of hydrogen-bond donors (Lipinski definition) is 13. The van der Waals surface area contributed by atoms with Crippen LogP contribution < -0.4 is 58.9 Å². The minimum absolute atomic E-state index is 0.0101. The Hall–Kier alpha value is -11.3. The van der Waals surface area contributed by atoms with Gasteiger partial charge in [-0.05, 0) is 117 Å². The molecule has 0 bridgehead atoms. The van der Waals surface area contributed by atoms with Gasteiger partial charge < -0.3 is 69.1 Å². The highest BCUT2D eigenvalue weighted by Crippen LogP contribution is 2.30. The molecule has 2 aliphatic rings. The van der Waals surface area contributed by atoms with Crippen molar-refractivity contribution in [3.63, 3.8) is 0 Å². The molecular formula is C77H97F4N11O18. The van der Waals surface area contributed by atoms with E-state index in [1.54, 1.807) is 102 Å². The van der Waals surface area contributed by atoms with Gasteiger partial charge >= 0.3 is 11.9 Å². The zero-order valence-corrected chi connectivity index (χ0v) is 62.3. The molecule has 0 aromatic heterocycles. The molecule has 8 atom stereocenters. The van der Waals surface area contributed by atoms with E-state index in [4.69, 9.17) is 5.73 Å². The summed E-state index contributed by atoms with van der Waals surface area (Å²) in [6, 6.07) is 8.71. The van der Waals surface area contributed by atoms with Gasteiger partial charge in [-0.15, -0.1) is 0 Å². The van der Waals surface area contributed by atoms with Crippen molar-refractivity contribution in [2.75, 3.05) is 13.1 Å². The van der Waals surface area contributed by atoms with Crippen molar-refractivity contribution in [3.8, 4) is 0 Å². The molecule has 596 valence electrons. The average molecular weight is 1540 g/mol. The van der Waals surface area contributed by atoms with E-state index in [-0.39, 0.29) is 43.3 Å². The lowest BCUT2D eigenvalue weighted by Gasteiger charge is -2.32. The molecule has 2 saturated carbocycles. The van der Waals surface area contributed by atoms with Crippen molar-refractivity contribution in [2.24, 2.45) is 29.4 Å². The third-order valence-corrected chi connectivity index (χ3v) is 18.4. The first-order chi connectivity index (χ1) is 52.1. The summed E-state index contributed by atoms with van der Waals surface area (Å²) in [5, 5.41) is 43.4. The number of aromatic carboxylic acids is 2. The highest BCUT2D eigenvalue weighted by Gasteiger charge is 2.40. The number of amides is 11. The van der Waals surface area contributed by atoms with E-state index >= 15 is 0 Å². The molecule has 33 heteroatoms. The van der Waals surface area contributed by atoms with Crippen molar-refractivity contribution < 1.29 is 104 Å². The Bertz CT molecular complexity index is 3750. The van der Waals surface area contributed by atoms with Crippen LogP contribution in [0.2, 0.25) is 0 Å². The van der Waals surface area contributed by atoms with Crippen LogP contribution in [-0.2, 0) is 57.5 Å². The molecule has 29 nitrogen and oxygen atoms in total. The monoisotopic (exact) mass is 1540 g/mol. The van der Waals surface area contributed by atoms with Crippen molar-refractivity contribution in [2.45, 2.75) is 200 Å². The maximum atomic E-state index is 14.8. The van der Waals surface area contributed by atoms with Crippen LogP contribution in [0.4, 0.5) is 17.6 Å². The van der Waals surface area contributed by atoms with Gasteiger partial charge in [-0.2, -0.15) is 0 Å². The van der Waals surface area contributed by atoms with E-state index in [0.29, 0.717) is 99.6 Å². The van der Waals surface area contributed by atoms with Gasteiger partial charge in [0.2, 0.25) is 52.9 Å². The van der Waals surface area contributed by atoms with E-state index < -0.39 is 207 Å². The highest BCUT2D eigenvalue weighted by atomic mass is 19.1. The number of carbonyl (C=O) groups excluding carboxylic acids is 14. The van der Waals surface area contributed by atoms with E-state index in [9.17, 15) is 104 Å². The lowest BCUT2D eigenvalue weighted by Crippen LogP contribution is -2.58. The smallest absolute Gasteiger partial charge is 0.339 e. The van der Waals surface area contributed by atoms with Gasteiger partial charge in [-0.1, -0.05) is 154 Å². The standard InChI is InChI=1S/C39H49F2N5O9.C38H48F2N6O9/c1-5-12-27(34(49)38(53)42-20-29(48)45-32(22(4)47)23-13-8-6-9-14-23)43-35(50)28(19-21(2)3)44-37(52)33(24-15-10-7-11-16-24)46-36(51)30-25(40)17-18-26(41)31(30)39(54)55;1-4-11-25(32(48)37(53)42-19-27(47)45-30(33(41)49)21-12-7-5-8-13-21)43-34(50)26(18-20(2)3)44-36(52)31(22-14-9-6-10-15-22)46-35(51)28-23(39)16-17-24(40)29(28)38(54)55/h6,8-9,13-14,17-18,21,24,27-28,32-33H,5,7,10-12,15-16,19-20H2,1-4H3,(H,42,53)(H,43,50)(H,44,52)(H,45,48)(H,46,51)(H,54,55);5,7-8,12-13,16-17,20,22,25-26,30-31H,4,6,9-11,14-15,18-19H2,1-3H3,(H2,41,49)(H,42,53)(H,43,50)(H,44,52)(H,45,47)(H,46,51)(H,54,55)/t27-,28-,32+,33-;25-,26-,30-,31-/m00/s1. The van der Waals surface area contributed by atoms with Gasteiger partial charge in [0.25, 0.3) is 23.6 Å². The third-order valence-electron chi connectivity index (χ3n) is 18.4. The Morgan fingerprint density at radius 2 is 0.736 bits per heavy atom. The van der Waals surface area contributed by atoms with Crippen LogP contribution in [0.1, 0.15) is 216 Å². The number of hydrogen-bond acceptors (Lipinski definition) is 16. The first-order valence-corrected chi connectivity index (χ1v) is 36.5. The van der Waals surface area contributed by atoms with E-state index in [2.05, 4.69) is 53.2 Å². The number of rotatable bonds is 38. The van der Waals surface area contributed by atoms with Crippen molar-refractivity contribution in [3.05, 3.63) is 142 Å². The number of benzene rings is 4. The zero-order valence-electron chi connectivity index (χ0n) is 62.3. The van der Waals surface area contributed by atoms with Gasteiger partial charge in [0, 0.05) is 0 Å². The molecule has 0 radical (unpaired) electrons. The van der Waals surface area contributed by atoms with Crippen LogP contribution in [0.25, 0.3) is 0 Å². The summed E-state index contributed by atoms with van der Waals surface area (Å²) in [5.41, 5.74) is 1.80. The second-order valence-corrected chi connectivity index (χ2v) is 27.9. The van der Waals surface area contributed by atoms with Crippen LogP contribution in [0.3, 0.4) is 0 Å². The van der Waals surface area contributed by atoms with Gasteiger partial charge in [0.15, 0.2) is 5.78 Å². The molecule has 4 aromatic rings. The summed E-state index contributed by atoms with van der Waals surface area (Å²) in [7, 11) is 0. The number of Topliss-reactive ketones (excluding diaryl/α,β-unsaturated/α-hetero) is 3. The number of nitrogens with two attached hydrogens (primary N) is 1. The minimum atomic E-state index is -1.89. The summed E-state index contributed by atoms with van der Waals surface area (Å²) >= 11 is 0. The molecule has 2 fully saturated rings. The fourth-order valence-corrected chi connectivity index (χ4v) is 13.0. The molecular weight excluding hydrogens is 1440 g/mol. The Kier molecular flexibility index (Phi) is 35.5. The van der Waals surface area contributed by atoms with Crippen LogP contribution in [0.15, 0.2) is 84.9 Å². The highest BCUT2D eigenvalue weighted by molar-refractivity contribution is 6.39. The fraction of sp³-hybridized carbons (Fsp3) is 0.481. The summed E-state index contributed by atoms with van der Waals surface area (Å²) in [6.07, 6.45) is 7.20. The quantitative estimate of drug-likeness (QED) is 0.0195. The molecule has 14 N–H and O–H groups in total. The minimum Gasteiger partial charge on any atom is -0.478 e. The maximum absolute atomic E-state index is 14.8. The fourth-order valence-electron chi connectivity index (χ4n) is 13.0. The number of carbonyl (C=O) groups is 16. The number of carboxylic acids is 2. The van der Waals surface area contributed by atoms with Crippen LogP contribution in [0, 0.1) is 46.9 Å². The number of nitrogens with one attached hydrogen (secondary N) is 10. The van der Waals surface area contributed by atoms with E-state index in [1.807, 2.05) is 0 Å². The Morgan fingerprint density at radius 3 is 1.05 bits per heavy atom. The van der Waals surface area contributed by atoms with E-state index in [1.165, 1.54) is 6.92 Å². The topological polar surface area (TPSA) is 460 Å². The van der Waals surface area contributed by atoms with Crippen LogP contribution in [-0.4, -0.2) is 154 Å². The van der Waals surface area contributed by atoms with Gasteiger partial charge in [-0.25, -0.2) is 27.2 Å². The SMILES string of the molecule is CCC[C@H](NC(=O)[C@H](CC(C)C)NC(=O)[C@@H](NC(=O)c1c(F)ccc(F)c1C(=O)O)C1CCCCC1)C(=O)C(=O)NCC(=O)N[C@H](C(C)=O)c1ccccc1.CCC[C@H](NC(=O)[C@H](CC(C)C)NC(=O)[C@@H](NC(=O)c1c(F)ccc(F)c1C(=O)O)C1CCCCC1)C(=O)C(=O)NCC(=O)N[C@H](C(N)=O)c1ccccc1. The van der Waals surface area contributed by atoms with Crippen molar-refractivity contribution in [1.82, 2.24) is 53.2 Å². The number of ketones is 3. The maximum Gasteiger partial charge on any atom is 0.339 e.